The highest BCUT2D eigenvalue weighted by molar-refractivity contribution is 6.05. The topological polar surface area (TPSA) is 97.1 Å². The van der Waals surface area contributed by atoms with Gasteiger partial charge in [0, 0.05) is 11.3 Å². The lowest BCUT2D eigenvalue weighted by Crippen LogP contribution is -2.15. The lowest BCUT2D eigenvalue weighted by molar-refractivity contribution is 0.0695. The number of nitrogens with zero attached hydrogens (tertiary/aromatic N) is 3. The van der Waals surface area contributed by atoms with E-state index < -0.39 is 17.7 Å². The van der Waals surface area contributed by atoms with Crippen LogP contribution in [0, 0.1) is 19.7 Å². The van der Waals surface area contributed by atoms with E-state index in [0.717, 1.165) is 6.07 Å². The van der Waals surface area contributed by atoms with E-state index in [4.69, 9.17) is 0 Å². The molecule has 0 saturated heterocycles. The van der Waals surface area contributed by atoms with Crippen LogP contribution in [0.2, 0.25) is 0 Å². The number of carboxylic acid groups (broad SMARTS) is 1. The van der Waals surface area contributed by atoms with Crippen LogP contribution in [-0.2, 0) is 0 Å². The summed E-state index contributed by atoms with van der Waals surface area (Å²) in [5.41, 5.74) is 1.79. The largest absolute Gasteiger partial charge is 0.478 e. The fraction of sp³-hybridized carbons (Fsp3) is 0.111. The van der Waals surface area contributed by atoms with E-state index >= 15 is 0 Å². The highest BCUT2D eigenvalue weighted by atomic mass is 19.1. The summed E-state index contributed by atoms with van der Waals surface area (Å²) in [5, 5.41) is 15.8. The van der Waals surface area contributed by atoms with Crippen LogP contribution in [0.1, 0.15) is 31.8 Å². The standard InChI is InChI=1S/C18H15FN4O3/c1-10-3-5-14(11(2)16(10)18(25)26)22-17(24)12-4-6-15(13(19)7-12)23-9-20-8-21-23/h3-9H,1-2H3,(H,22,24)(H,25,26). The zero-order valence-electron chi connectivity index (χ0n) is 14.0. The number of amides is 1. The third kappa shape index (κ3) is 3.16. The van der Waals surface area contributed by atoms with Crippen molar-refractivity contribution in [3.8, 4) is 5.69 Å². The van der Waals surface area contributed by atoms with E-state index in [2.05, 4.69) is 15.4 Å². The van der Waals surface area contributed by atoms with Gasteiger partial charge in [0.2, 0.25) is 0 Å². The molecule has 3 aromatic rings. The number of carboxylic acids is 1. The predicted molar refractivity (Wildman–Crippen MR) is 92.1 cm³/mol. The first-order chi connectivity index (χ1) is 12.4. The average Bonchev–Trinajstić information content (AvgIpc) is 3.11. The van der Waals surface area contributed by atoms with Gasteiger partial charge in [-0.25, -0.2) is 18.9 Å². The van der Waals surface area contributed by atoms with Crippen LogP contribution in [-0.4, -0.2) is 31.7 Å². The van der Waals surface area contributed by atoms with Gasteiger partial charge in [0.1, 0.15) is 24.2 Å². The number of carbonyl (C=O) groups excluding carboxylic acids is 1. The Morgan fingerprint density at radius 2 is 1.96 bits per heavy atom. The molecule has 2 aromatic carbocycles. The number of hydrogen-bond donors (Lipinski definition) is 2. The number of nitrogens with one attached hydrogen (secondary N) is 1. The molecule has 0 fully saturated rings. The van der Waals surface area contributed by atoms with Crippen molar-refractivity contribution < 1.29 is 19.1 Å². The van der Waals surface area contributed by atoms with E-state index in [-0.39, 0.29) is 16.8 Å². The second-order valence-electron chi connectivity index (χ2n) is 5.70. The molecule has 0 saturated carbocycles. The minimum Gasteiger partial charge on any atom is -0.478 e. The van der Waals surface area contributed by atoms with Gasteiger partial charge in [0.05, 0.1) is 5.56 Å². The smallest absolute Gasteiger partial charge is 0.336 e. The van der Waals surface area contributed by atoms with Crippen LogP contribution in [0.25, 0.3) is 5.69 Å². The molecule has 132 valence electrons. The molecule has 1 aromatic heterocycles. The first kappa shape index (κ1) is 17.3. The molecular formula is C18H15FN4O3. The summed E-state index contributed by atoms with van der Waals surface area (Å²) in [6.45, 7) is 3.29. The number of hydrogen-bond acceptors (Lipinski definition) is 4. The maximum Gasteiger partial charge on any atom is 0.336 e. The maximum absolute atomic E-state index is 14.3. The third-order valence-corrected chi connectivity index (χ3v) is 4.01. The molecular weight excluding hydrogens is 339 g/mol. The average molecular weight is 354 g/mol. The van der Waals surface area contributed by atoms with E-state index in [1.165, 1.54) is 29.5 Å². The Labute approximate surface area is 148 Å². The van der Waals surface area contributed by atoms with Crippen molar-refractivity contribution in [1.29, 1.82) is 0 Å². The molecule has 3 rings (SSSR count). The van der Waals surface area contributed by atoms with Crippen LogP contribution in [0.5, 0.6) is 0 Å². The molecule has 2 N–H and O–H groups in total. The SMILES string of the molecule is Cc1ccc(NC(=O)c2ccc(-n3cncn3)c(F)c2)c(C)c1C(=O)O. The summed E-state index contributed by atoms with van der Waals surface area (Å²) in [7, 11) is 0. The van der Waals surface area contributed by atoms with Crippen LogP contribution >= 0.6 is 0 Å². The van der Waals surface area contributed by atoms with Gasteiger partial charge in [0.25, 0.3) is 5.91 Å². The summed E-state index contributed by atoms with van der Waals surface area (Å²) >= 11 is 0. The third-order valence-electron chi connectivity index (χ3n) is 4.01. The van der Waals surface area contributed by atoms with Gasteiger partial charge in [0.15, 0.2) is 0 Å². The van der Waals surface area contributed by atoms with Crippen molar-refractivity contribution >= 4 is 17.6 Å². The monoisotopic (exact) mass is 354 g/mol. The molecule has 8 heteroatoms. The summed E-state index contributed by atoms with van der Waals surface area (Å²) < 4.78 is 15.5. The van der Waals surface area contributed by atoms with Gasteiger partial charge in [-0.1, -0.05) is 6.07 Å². The molecule has 0 bridgehead atoms. The van der Waals surface area contributed by atoms with E-state index in [9.17, 15) is 19.1 Å². The summed E-state index contributed by atoms with van der Waals surface area (Å²) in [6.07, 6.45) is 2.63. The summed E-state index contributed by atoms with van der Waals surface area (Å²) in [5.74, 6) is -2.24. The second kappa shape index (κ2) is 6.75. The highest BCUT2D eigenvalue weighted by Gasteiger charge is 2.17. The first-order valence-corrected chi connectivity index (χ1v) is 7.68. The van der Waals surface area contributed by atoms with E-state index in [0.29, 0.717) is 16.8 Å². The van der Waals surface area contributed by atoms with Crippen LogP contribution in [0.3, 0.4) is 0 Å². The van der Waals surface area contributed by atoms with Crippen molar-refractivity contribution in [2.75, 3.05) is 5.32 Å². The molecule has 0 spiro atoms. The lowest BCUT2D eigenvalue weighted by Gasteiger charge is -2.13. The van der Waals surface area contributed by atoms with Crippen molar-refractivity contribution in [2.45, 2.75) is 13.8 Å². The van der Waals surface area contributed by atoms with Crippen molar-refractivity contribution in [3.05, 3.63) is 71.1 Å². The number of rotatable bonds is 4. The van der Waals surface area contributed by atoms with Crippen molar-refractivity contribution in [1.82, 2.24) is 14.8 Å². The number of benzene rings is 2. The molecule has 0 aliphatic carbocycles. The fourth-order valence-electron chi connectivity index (χ4n) is 2.67. The number of aromatic carboxylic acids is 1. The number of aromatic nitrogens is 3. The second-order valence-corrected chi connectivity index (χ2v) is 5.70. The quantitative estimate of drug-likeness (QED) is 0.751. The minimum absolute atomic E-state index is 0.100. The normalized spacial score (nSPS) is 10.6. The Morgan fingerprint density at radius 1 is 1.19 bits per heavy atom. The van der Waals surface area contributed by atoms with Gasteiger partial charge >= 0.3 is 5.97 Å². The van der Waals surface area contributed by atoms with Gasteiger partial charge in [-0.3, -0.25) is 4.79 Å². The molecule has 26 heavy (non-hydrogen) atoms. The zero-order valence-corrected chi connectivity index (χ0v) is 14.0. The molecule has 0 radical (unpaired) electrons. The highest BCUT2D eigenvalue weighted by Crippen LogP contribution is 2.23. The van der Waals surface area contributed by atoms with Crippen LogP contribution in [0.4, 0.5) is 10.1 Å². The summed E-state index contributed by atoms with van der Waals surface area (Å²) in [4.78, 5) is 27.5. The lowest BCUT2D eigenvalue weighted by atomic mass is 10.0. The van der Waals surface area contributed by atoms with Gasteiger partial charge in [-0.15, -0.1) is 0 Å². The molecule has 0 unspecified atom stereocenters. The molecule has 0 aliphatic heterocycles. The van der Waals surface area contributed by atoms with Crippen LogP contribution < -0.4 is 5.32 Å². The Balaban J connectivity index is 1.88. The molecule has 1 heterocycles. The molecule has 7 nitrogen and oxygen atoms in total. The Bertz CT molecular complexity index is 1000. The van der Waals surface area contributed by atoms with Crippen molar-refractivity contribution in [2.24, 2.45) is 0 Å². The number of halogens is 1. The first-order valence-electron chi connectivity index (χ1n) is 7.68. The summed E-state index contributed by atoms with van der Waals surface area (Å²) in [6, 6.07) is 7.20. The van der Waals surface area contributed by atoms with E-state index in [1.807, 2.05) is 0 Å². The van der Waals surface area contributed by atoms with Gasteiger partial charge in [-0.2, -0.15) is 5.10 Å². The molecule has 0 aliphatic rings. The Kier molecular flexibility index (Phi) is 4.49. The van der Waals surface area contributed by atoms with E-state index in [1.54, 1.807) is 26.0 Å². The minimum atomic E-state index is -1.07. The van der Waals surface area contributed by atoms with Gasteiger partial charge in [-0.05, 0) is 49.2 Å². The maximum atomic E-state index is 14.3. The Hall–Kier alpha value is -3.55. The Morgan fingerprint density at radius 3 is 2.58 bits per heavy atom. The number of aryl methyl sites for hydroxylation is 1. The predicted octanol–water partition coefficient (Wildman–Crippen LogP) is 2.97. The van der Waals surface area contributed by atoms with Crippen LogP contribution in [0.15, 0.2) is 43.0 Å². The van der Waals surface area contributed by atoms with Gasteiger partial charge < -0.3 is 10.4 Å². The molecule has 1 amide bonds. The number of anilines is 1. The fourth-order valence-corrected chi connectivity index (χ4v) is 2.67. The number of carbonyl (C=O) groups is 2. The zero-order chi connectivity index (χ0) is 18.8. The van der Waals surface area contributed by atoms with Crippen molar-refractivity contribution in [3.63, 3.8) is 0 Å². The molecule has 0 atom stereocenters.